The molecular formula is C19H24BrF3N2O2. The fraction of sp³-hybridized carbons (Fsp3) is 0.526. The number of nitrogens with zero attached hydrogens (tertiary/aromatic N) is 2. The van der Waals surface area contributed by atoms with E-state index in [9.17, 15) is 13.2 Å². The highest BCUT2D eigenvalue weighted by molar-refractivity contribution is 9.10. The number of likely N-dealkylation sites (N-methyl/N-ethyl adjacent to an activating group) is 2. The predicted octanol–water partition coefficient (Wildman–Crippen LogP) is 4.64. The molecule has 4 nitrogen and oxygen atoms in total. The third kappa shape index (κ3) is 3.49. The van der Waals surface area contributed by atoms with Gasteiger partial charge in [-0.2, -0.15) is 13.2 Å². The maximum Gasteiger partial charge on any atom is 0.490 e. The zero-order valence-corrected chi connectivity index (χ0v) is 17.4. The summed E-state index contributed by atoms with van der Waals surface area (Å²) in [5.74, 6) is -2.76. The number of halogens is 4. The Morgan fingerprint density at radius 3 is 2.41 bits per heavy atom. The number of allylic oxidation sites excluding steroid dienone is 1. The quantitative estimate of drug-likeness (QED) is 0.669. The smallest absolute Gasteiger partial charge is 0.475 e. The molecule has 2 aliphatic rings. The number of rotatable bonds is 2. The normalized spacial score (nSPS) is 24.7. The first kappa shape index (κ1) is 21.8. The molecule has 2 aliphatic heterocycles. The van der Waals surface area contributed by atoms with Gasteiger partial charge < -0.3 is 10.0 Å². The molecule has 2 atom stereocenters. The number of likely N-dealkylation sites (tertiary alicyclic amines) is 1. The minimum Gasteiger partial charge on any atom is -0.475 e. The van der Waals surface area contributed by atoms with Crippen molar-refractivity contribution >= 4 is 27.6 Å². The maximum absolute atomic E-state index is 10.6. The van der Waals surface area contributed by atoms with Crippen LogP contribution in [0.3, 0.4) is 0 Å². The van der Waals surface area contributed by atoms with Gasteiger partial charge in [0.25, 0.3) is 0 Å². The molecule has 0 aromatic heterocycles. The van der Waals surface area contributed by atoms with E-state index >= 15 is 0 Å². The monoisotopic (exact) mass is 448 g/mol. The molecule has 2 heterocycles. The van der Waals surface area contributed by atoms with Crippen LogP contribution in [0.25, 0.3) is 0 Å². The molecular weight excluding hydrogens is 425 g/mol. The summed E-state index contributed by atoms with van der Waals surface area (Å²) in [6.07, 6.45) is -1.34. The van der Waals surface area contributed by atoms with Gasteiger partial charge in [0.1, 0.15) is 0 Å². The number of hydrogen-bond donors (Lipinski definition) is 1. The van der Waals surface area contributed by atoms with Gasteiger partial charge >= 0.3 is 12.1 Å². The molecule has 1 fully saturated rings. The van der Waals surface area contributed by atoms with Crippen LogP contribution in [0.1, 0.15) is 25.8 Å². The number of carboxylic acids is 1. The Balaban J connectivity index is 0.000000321. The Kier molecular flexibility index (Phi) is 5.74. The highest BCUT2D eigenvalue weighted by atomic mass is 79.9. The summed E-state index contributed by atoms with van der Waals surface area (Å²) in [6, 6.07) is 6.73. The number of alkyl halides is 3. The molecule has 1 saturated heterocycles. The van der Waals surface area contributed by atoms with Crippen molar-refractivity contribution in [2.45, 2.75) is 38.0 Å². The molecule has 1 aromatic rings. The van der Waals surface area contributed by atoms with Crippen LogP contribution in [-0.2, 0) is 10.2 Å². The van der Waals surface area contributed by atoms with Crippen molar-refractivity contribution in [3.8, 4) is 0 Å². The van der Waals surface area contributed by atoms with Crippen LogP contribution in [0.5, 0.6) is 0 Å². The summed E-state index contributed by atoms with van der Waals surface area (Å²) in [5.41, 5.74) is 3.03. The third-order valence-corrected chi connectivity index (χ3v) is 6.30. The van der Waals surface area contributed by atoms with Gasteiger partial charge in [-0.05, 0) is 36.6 Å². The fourth-order valence-electron chi connectivity index (χ4n) is 4.37. The lowest BCUT2D eigenvalue weighted by atomic mass is 9.60. The molecule has 0 saturated carbocycles. The van der Waals surface area contributed by atoms with Crippen LogP contribution >= 0.6 is 15.9 Å². The van der Waals surface area contributed by atoms with Crippen LogP contribution in [0.2, 0.25) is 0 Å². The largest absolute Gasteiger partial charge is 0.490 e. The fourth-order valence-corrected chi connectivity index (χ4v) is 4.72. The van der Waals surface area contributed by atoms with Crippen molar-refractivity contribution in [2.75, 3.05) is 25.5 Å². The van der Waals surface area contributed by atoms with E-state index in [4.69, 9.17) is 9.90 Å². The number of aliphatic carboxylic acids is 1. The van der Waals surface area contributed by atoms with Crippen LogP contribution in [-0.4, -0.2) is 49.0 Å². The minimum atomic E-state index is -5.08. The molecule has 0 radical (unpaired) electrons. The number of benzene rings is 1. The molecule has 150 valence electrons. The molecule has 8 heteroatoms. The van der Waals surface area contributed by atoms with Crippen molar-refractivity contribution in [2.24, 2.45) is 5.41 Å². The Morgan fingerprint density at radius 2 is 1.93 bits per heavy atom. The molecule has 0 aliphatic carbocycles. The van der Waals surface area contributed by atoms with E-state index in [2.05, 4.69) is 84.5 Å². The molecule has 1 N–H and O–H groups in total. The Morgan fingerprint density at radius 1 is 1.37 bits per heavy atom. The Bertz CT molecular complexity index is 751. The number of carboxylic acid groups (broad SMARTS) is 1. The van der Waals surface area contributed by atoms with Gasteiger partial charge in [-0.1, -0.05) is 41.9 Å². The highest BCUT2D eigenvalue weighted by Crippen LogP contribution is 2.60. The first-order valence-corrected chi connectivity index (χ1v) is 9.25. The zero-order valence-electron chi connectivity index (χ0n) is 15.8. The lowest BCUT2D eigenvalue weighted by Crippen LogP contribution is -2.53. The van der Waals surface area contributed by atoms with Gasteiger partial charge in [0, 0.05) is 29.2 Å². The van der Waals surface area contributed by atoms with Crippen molar-refractivity contribution in [3.63, 3.8) is 0 Å². The van der Waals surface area contributed by atoms with Crippen LogP contribution in [0.15, 0.2) is 35.3 Å². The third-order valence-electron chi connectivity index (χ3n) is 5.81. The van der Waals surface area contributed by atoms with E-state index in [1.165, 1.54) is 17.7 Å². The summed E-state index contributed by atoms with van der Waals surface area (Å²) in [7, 11) is 4.46. The summed E-state index contributed by atoms with van der Waals surface area (Å²) in [6.45, 7) is 9.93. The predicted molar refractivity (Wildman–Crippen MR) is 103 cm³/mol. The van der Waals surface area contributed by atoms with Gasteiger partial charge in [0.15, 0.2) is 0 Å². The van der Waals surface area contributed by atoms with E-state index in [-0.39, 0.29) is 10.8 Å². The first-order chi connectivity index (χ1) is 12.3. The second-order valence-corrected chi connectivity index (χ2v) is 8.49. The number of hydrogen-bond acceptors (Lipinski definition) is 3. The number of anilines is 1. The van der Waals surface area contributed by atoms with Crippen molar-refractivity contribution in [3.05, 3.63) is 40.9 Å². The molecule has 0 spiro atoms. The Hall–Kier alpha value is -1.54. The van der Waals surface area contributed by atoms with Crippen molar-refractivity contribution in [1.82, 2.24) is 4.90 Å². The van der Waals surface area contributed by atoms with E-state index < -0.39 is 12.1 Å². The van der Waals surface area contributed by atoms with Gasteiger partial charge in [-0.3, -0.25) is 4.90 Å². The highest BCUT2D eigenvalue weighted by Gasteiger charge is 2.61. The lowest BCUT2D eigenvalue weighted by Gasteiger charge is -2.45. The van der Waals surface area contributed by atoms with Gasteiger partial charge in [0.05, 0.1) is 6.17 Å². The summed E-state index contributed by atoms with van der Waals surface area (Å²) < 4.78 is 32.9. The summed E-state index contributed by atoms with van der Waals surface area (Å²) in [4.78, 5) is 13.8. The minimum absolute atomic E-state index is 0.0652. The second kappa shape index (κ2) is 7.13. The van der Waals surface area contributed by atoms with Crippen LogP contribution in [0, 0.1) is 5.41 Å². The topological polar surface area (TPSA) is 43.8 Å². The van der Waals surface area contributed by atoms with Gasteiger partial charge in [0.2, 0.25) is 0 Å². The standard InChI is InChI=1S/C17H23BrN2.C2HF3O2/c1-6-16(2,3)17-9-10-19(4)15(17)20(5)14-11-12(18)7-8-13(14)17;3-2(4,5)1(6)7/h6-8,11,15H,1,9-10H2,2-5H3;(H,6,7)/t15-,17-;/m1./s1. The van der Waals surface area contributed by atoms with Gasteiger partial charge in [-0.25, -0.2) is 4.79 Å². The van der Waals surface area contributed by atoms with E-state index in [1.807, 2.05) is 0 Å². The molecule has 0 bridgehead atoms. The lowest BCUT2D eigenvalue weighted by molar-refractivity contribution is -0.192. The van der Waals surface area contributed by atoms with Crippen LogP contribution < -0.4 is 4.90 Å². The summed E-state index contributed by atoms with van der Waals surface area (Å²) in [5, 5.41) is 7.12. The average molecular weight is 449 g/mol. The van der Waals surface area contributed by atoms with Crippen molar-refractivity contribution in [1.29, 1.82) is 0 Å². The zero-order chi connectivity index (χ0) is 20.8. The van der Waals surface area contributed by atoms with E-state index in [0.29, 0.717) is 6.17 Å². The van der Waals surface area contributed by atoms with E-state index in [1.54, 1.807) is 0 Å². The molecule has 27 heavy (non-hydrogen) atoms. The molecule has 0 unspecified atom stereocenters. The van der Waals surface area contributed by atoms with E-state index in [0.717, 1.165) is 11.0 Å². The first-order valence-electron chi connectivity index (χ1n) is 8.46. The SMILES string of the molecule is C=CC(C)(C)[C@@]12CCN(C)[C@@H]1N(C)c1cc(Br)ccc12.O=C(O)C(F)(F)F. The summed E-state index contributed by atoms with van der Waals surface area (Å²) >= 11 is 3.61. The second-order valence-electron chi connectivity index (χ2n) is 7.58. The molecule has 1 aromatic carbocycles. The maximum atomic E-state index is 10.6. The molecule has 0 amide bonds. The Labute approximate surface area is 165 Å². The van der Waals surface area contributed by atoms with Crippen molar-refractivity contribution < 1.29 is 23.1 Å². The number of carbonyl (C=O) groups is 1. The van der Waals surface area contributed by atoms with Crippen LogP contribution in [0.4, 0.5) is 18.9 Å². The average Bonchev–Trinajstić information content (AvgIpc) is 3.04. The number of fused-ring (bicyclic) bond motifs is 3. The molecule has 3 rings (SSSR count). The van der Waals surface area contributed by atoms with Gasteiger partial charge in [-0.15, -0.1) is 6.58 Å².